The number of aliphatic hydroxyl groups is 1. The van der Waals surface area contributed by atoms with Crippen molar-refractivity contribution in [1.82, 2.24) is 0 Å². The van der Waals surface area contributed by atoms with E-state index >= 15 is 0 Å². The second kappa shape index (κ2) is 8.12. The van der Waals surface area contributed by atoms with Gasteiger partial charge in [-0.3, -0.25) is 0 Å². The van der Waals surface area contributed by atoms with E-state index in [0.717, 1.165) is 31.8 Å². The van der Waals surface area contributed by atoms with Crippen molar-refractivity contribution in [3.63, 3.8) is 0 Å². The molecular formula is C13H28O2. The molecule has 0 aromatic carbocycles. The molecule has 0 radical (unpaired) electrons. The minimum atomic E-state index is -0.124. The zero-order chi connectivity index (χ0) is 11.7. The van der Waals surface area contributed by atoms with Crippen LogP contribution in [-0.4, -0.2) is 23.9 Å². The Morgan fingerprint density at radius 1 is 1.20 bits per heavy atom. The molecule has 1 unspecified atom stereocenters. The van der Waals surface area contributed by atoms with E-state index in [1.165, 1.54) is 12.8 Å². The maximum atomic E-state index is 8.95. The van der Waals surface area contributed by atoms with Gasteiger partial charge in [-0.25, -0.2) is 0 Å². The molecule has 1 atom stereocenters. The Labute approximate surface area is 95.0 Å². The summed E-state index contributed by atoms with van der Waals surface area (Å²) in [7, 11) is 0. The van der Waals surface area contributed by atoms with Crippen molar-refractivity contribution in [2.75, 3.05) is 13.2 Å². The van der Waals surface area contributed by atoms with E-state index in [-0.39, 0.29) is 12.2 Å². The number of rotatable bonds is 9. The molecule has 92 valence electrons. The summed E-state index contributed by atoms with van der Waals surface area (Å²) in [5.74, 6) is 0.792. The first-order chi connectivity index (χ1) is 7.11. The maximum Gasteiger partial charge on any atom is 0.0673 e. The lowest BCUT2D eigenvalue weighted by molar-refractivity contribution is -0.0537. The molecule has 0 rings (SSSR count). The van der Waals surface area contributed by atoms with Crippen LogP contribution in [0.1, 0.15) is 59.8 Å². The molecule has 0 spiro atoms. The van der Waals surface area contributed by atoms with Gasteiger partial charge in [-0.15, -0.1) is 0 Å². The molecule has 2 heteroatoms. The Morgan fingerprint density at radius 3 is 2.20 bits per heavy atom. The summed E-state index contributed by atoms with van der Waals surface area (Å²) in [6, 6.07) is 0. The fraction of sp³-hybridized carbons (Fsp3) is 1.00. The number of hydrogen-bond donors (Lipinski definition) is 1. The van der Waals surface area contributed by atoms with Gasteiger partial charge in [-0.05, 0) is 32.1 Å². The first kappa shape index (κ1) is 14.9. The van der Waals surface area contributed by atoms with Crippen LogP contribution in [0.15, 0.2) is 0 Å². The molecule has 0 aromatic rings. The third-order valence-corrected chi connectivity index (χ3v) is 3.52. The Hall–Kier alpha value is -0.0800. The molecule has 0 amide bonds. The second-order valence-corrected chi connectivity index (χ2v) is 4.60. The zero-order valence-electron chi connectivity index (χ0n) is 10.9. The summed E-state index contributed by atoms with van der Waals surface area (Å²) in [6.45, 7) is 9.73. The third kappa shape index (κ3) is 6.16. The molecular weight excluding hydrogens is 188 g/mol. The molecule has 0 aliphatic rings. The molecule has 0 aromatic heterocycles. The molecule has 0 aliphatic carbocycles. The highest BCUT2D eigenvalue weighted by Gasteiger charge is 2.21. The quantitative estimate of drug-likeness (QED) is 0.640. The van der Waals surface area contributed by atoms with Crippen molar-refractivity contribution < 1.29 is 9.84 Å². The van der Waals surface area contributed by atoms with Crippen molar-refractivity contribution in [1.29, 1.82) is 0 Å². The monoisotopic (exact) mass is 216 g/mol. The predicted molar refractivity (Wildman–Crippen MR) is 65.0 cm³/mol. The standard InChI is InChI=1S/C13H28O2/c1-5-12(6-2)8-11-15-13(4,7-3)9-10-14/h12,14H,5-11H2,1-4H3. The Morgan fingerprint density at radius 2 is 1.80 bits per heavy atom. The van der Waals surface area contributed by atoms with E-state index in [2.05, 4.69) is 27.7 Å². The highest BCUT2D eigenvalue weighted by molar-refractivity contribution is 4.72. The normalized spacial score (nSPS) is 15.6. The molecule has 1 N–H and O–H groups in total. The van der Waals surface area contributed by atoms with E-state index in [4.69, 9.17) is 9.84 Å². The van der Waals surface area contributed by atoms with E-state index in [9.17, 15) is 0 Å². The summed E-state index contributed by atoms with van der Waals surface area (Å²) < 4.78 is 5.89. The van der Waals surface area contributed by atoms with Gasteiger partial charge in [0, 0.05) is 13.2 Å². The van der Waals surface area contributed by atoms with Gasteiger partial charge in [0.1, 0.15) is 0 Å². The molecule has 0 saturated heterocycles. The Bertz CT molecular complexity index is 143. The SMILES string of the molecule is CCC(CC)CCOC(C)(CC)CCO. The van der Waals surface area contributed by atoms with Crippen LogP contribution in [0, 0.1) is 5.92 Å². The molecule has 0 heterocycles. The topological polar surface area (TPSA) is 29.5 Å². The van der Waals surface area contributed by atoms with Crippen molar-refractivity contribution in [2.24, 2.45) is 5.92 Å². The minimum Gasteiger partial charge on any atom is -0.396 e. The zero-order valence-corrected chi connectivity index (χ0v) is 10.9. The van der Waals surface area contributed by atoms with Crippen LogP contribution in [0.4, 0.5) is 0 Å². The van der Waals surface area contributed by atoms with Gasteiger partial charge in [-0.2, -0.15) is 0 Å². The lowest BCUT2D eigenvalue weighted by Crippen LogP contribution is -2.30. The molecule has 0 aliphatic heterocycles. The van der Waals surface area contributed by atoms with Gasteiger partial charge in [0.05, 0.1) is 5.60 Å². The van der Waals surface area contributed by atoms with Gasteiger partial charge in [0.25, 0.3) is 0 Å². The Balaban J connectivity index is 3.80. The van der Waals surface area contributed by atoms with Crippen LogP contribution in [0.2, 0.25) is 0 Å². The fourth-order valence-electron chi connectivity index (χ4n) is 1.76. The maximum absolute atomic E-state index is 8.95. The van der Waals surface area contributed by atoms with Gasteiger partial charge in [-0.1, -0.05) is 33.6 Å². The van der Waals surface area contributed by atoms with Crippen molar-refractivity contribution in [3.05, 3.63) is 0 Å². The lowest BCUT2D eigenvalue weighted by Gasteiger charge is -2.28. The lowest BCUT2D eigenvalue weighted by atomic mass is 9.98. The van der Waals surface area contributed by atoms with E-state index < -0.39 is 0 Å². The van der Waals surface area contributed by atoms with E-state index in [1.54, 1.807) is 0 Å². The smallest absolute Gasteiger partial charge is 0.0673 e. The van der Waals surface area contributed by atoms with E-state index in [0.29, 0.717) is 0 Å². The molecule has 0 saturated carbocycles. The Kier molecular flexibility index (Phi) is 8.07. The van der Waals surface area contributed by atoms with Crippen molar-refractivity contribution in [3.8, 4) is 0 Å². The summed E-state index contributed by atoms with van der Waals surface area (Å²) in [4.78, 5) is 0. The van der Waals surface area contributed by atoms with Crippen LogP contribution >= 0.6 is 0 Å². The largest absolute Gasteiger partial charge is 0.396 e. The first-order valence-electron chi connectivity index (χ1n) is 6.36. The highest BCUT2D eigenvalue weighted by atomic mass is 16.5. The van der Waals surface area contributed by atoms with Crippen LogP contribution in [-0.2, 0) is 4.74 Å². The highest BCUT2D eigenvalue weighted by Crippen LogP contribution is 2.21. The van der Waals surface area contributed by atoms with Crippen LogP contribution in [0.5, 0.6) is 0 Å². The van der Waals surface area contributed by atoms with Gasteiger partial charge in [0.2, 0.25) is 0 Å². The van der Waals surface area contributed by atoms with Crippen LogP contribution in [0.3, 0.4) is 0 Å². The average Bonchev–Trinajstić information content (AvgIpc) is 2.25. The predicted octanol–water partition coefficient (Wildman–Crippen LogP) is 3.38. The molecule has 2 nitrogen and oxygen atoms in total. The van der Waals surface area contributed by atoms with Gasteiger partial charge >= 0.3 is 0 Å². The fourth-order valence-corrected chi connectivity index (χ4v) is 1.76. The minimum absolute atomic E-state index is 0.124. The average molecular weight is 216 g/mol. The van der Waals surface area contributed by atoms with Crippen LogP contribution < -0.4 is 0 Å². The third-order valence-electron chi connectivity index (χ3n) is 3.52. The number of aliphatic hydroxyl groups excluding tert-OH is 1. The van der Waals surface area contributed by atoms with Crippen molar-refractivity contribution >= 4 is 0 Å². The van der Waals surface area contributed by atoms with E-state index in [1.807, 2.05) is 0 Å². The second-order valence-electron chi connectivity index (χ2n) is 4.60. The van der Waals surface area contributed by atoms with Crippen molar-refractivity contribution in [2.45, 2.75) is 65.4 Å². The number of ether oxygens (including phenoxy) is 1. The van der Waals surface area contributed by atoms with Crippen LogP contribution in [0.25, 0.3) is 0 Å². The molecule has 0 bridgehead atoms. The number of hydrogen-bond acceptors (Lipinski definition) is 2. The summed E-state index contributed by atoms with van der Waals surface area (Å²) in [5, 5.41) is 8.95. The molecule has 15 heavy (non-hydrogen) atoms. The first-order valence-corrected chi connectivity index (χ1v) is 6.36. The summed E-state index contributed by atoms with van der Waals surface area (Å²) >= 11 is 0. The molecule has 0 fully saturated rings. The summed E-state index contributed by atoms with van der Waals surface area (Å²) in [6.07, 6.45) is 5.34. The van der Waals surface area contributed by atoms with Gasteiger partial charge in [0.15, 0.2) is 0 Å². The van der Waals surface area contributed by atoms with Gasteiger partial charge < -0.3 is 9.84 Å². The summed E-state index contributed by atoms with van der Waals surface area (Å²) in [5.41, 5.74) is -0.124.